The standard InChI is InChI=1S/C52H39N/c1-2-15-36(16-3-1)37-19-12-22-42(31-37)53(43-23-13-20-38(32-43)51-34-40-17-4-6-25-45(40)47-27-8-10-29-49(47)51)44-24-14-21-39(33-44)52-35-41-18-5-7-26-46(41)48-28-9-11-30-50(48)52/h1-13,15-20,22-35,48,50H,14,21H2/t48-,50?/m1/s1. The monoisotopic (exact) mass is 677 g/mol. The first kappa shape index (κ1) is 31.3. The van der Waals surface area contributed by atoms with Crippen LogP contribution in [0.4, 0.5) is 11.4 Å². The third-order valence-corrected chi connectivity index (χ3v) is 11.3. The highest BCUT2D eigenvalue weighted by Gasteiger charge is 2.31. The second kappa shape index (κ2) is 13.3. The smallest absolute Gasteiger partial charge is 0.0467 e. The van der Waals surface area contributed by atoms with Gasteiger partial charge in [0.25, 0.3) is 0 Å². The fourth-order valence-electron chi connectivity index (χ4n) is 8.79. The Kier molecular flexibility index (Phi) is 7.84. The Morgan fingerprint density at radius 2 is 1.15 bits per heavy atom. The number of hydrogen-bond donors (Lipinski definition) is 0. The molecule has 0 aliphatic heterocycles. The van der Waals surface area contributed by atoms with Gasteiger partial charge in [-0.2, -0.15) is 0 Å². The molecule has 0 radical (unpaired) electrons. The molecule has 53 heavy (non-hydrogen) atoms. The Bertz CT molecular complexity index is 2680. The van der Waals surface area contributed by atoms with E-state index >= 15 is 0 Å². The topological polar surface area (TPSA) is 3.24 Å². The van der Waals surface area contributed by atoms with E-state index in [1.54, 1.807) is 0 Å². The summed E-state index contributed by atoms with van der Waals surface area (Å²) in [5, 5.41) is 5.10. The summed E-state index contributed by atoms with van der Waals surface area (Å²) in [5.74, 6) is 0.693. The summed E-state index contributed by atoms with van der Waals surface area (Å²) in [4.78, 5) is 2.48. The van der Waals surface area contributed by atoms with Crippen molar-refractivity contribution in [3.05, 3.63) is 222 Å². The van der Waals surface area contributed by atoms with E-state index in [4.69, 9.17) is 0 Å². The van der Waals surface area contributed by atoms with Crippen LogP contribution in [0, 0.1) is 5.92 Å². The Labute approximate surface area is 311 Å². The molecular formula is C52H39N. The molecule has 0 amide bonds. The molecule has 2 atom stereocenters. The van der Waals surface area contributed by atoms with E-state index in [2.05, 4.69) is 205 Å². The van der Waals surface area contributed by atoms with E-state index < -0.39 is 0 Å². The molecule has 0 N–H and O–H groups in total. The molecule has 0 heterocycles. The van der Waals surface area contributed by atoms with E-state index in [1.165, 1.54) is 71.8 Å². The van der Waals surface area contributed by atoms with Crippen LogP contribution in [-0.4, -0.2) is 0 Å². The number of anilines is 2. The molecule has 252 valence electrons. The first-order chi connectivity index (χ1) is 26.3. The Morgan fingerprint density at radius 1 is 0.491 bits per heavy atom. The molecular weight excluding hydrogens is 639 g/mol. The lowest BCUT2D eigenvalue weighted by molar-refractivity contribution is 0.652. The van der Waals surface area contributed by atoms with Gasteiger partial charge in [0.2, 0.25) is 0 Å². The highest BCUT2D eigenvalue weighted by molar-refractivity contribution is 6.13. The molecule has 0 saturated carbocycles. The molecule has 3 aliphatic carbocycles. The van der Waals surface area contributed by atoms with Crippen LogP contribution in [0.2, 0.25) is 0 Å². The quantitative estimate of drug-likeness (QED) is 0.158. The molecule has 0 saturated heterocycles. The maximum absolute atomic E-state index is 2.48. The van der Waals surface area contributed by atoms with Gasteiger partial charge >= 0.3 is 0 Å². The van der Waals surface area contributed by atoms with Crippen molar-refractivity contribution in [1.29, 1.82) is 0 Å². The minimum atomic E-state index is 0.333. The van der Waals surface area contributed by atoms with Crippen LogP contribution >= 0.6 is 0 Å². The van der Waals surface area contributed by atoms with Crippen LogP contribution in [0.3, 0.4) is 0 Å². The number of fused-ring (bicyclic) bond motifs is 6. The predicted octanol–water partition coefficient (Wildman–Crippen LogP) is 14.0. The normalized spacial score (nSPS) is 17.5. The van der Waals surface area contributed by atoms with Crippen LogP contribution in [0.1, 0.15) is 29.9 Å². The van der Waals surface area contributed by atoms with Crippen molar-refractivity contribution < 1.29 is 0 Å². The van der Waals surface area contributed by atoms with Crippen molar-refractivity contribution in [3.8, 4) is 22.3 Å². The summed E-state index contributed by atoms with van der Waals surface area (Å²) in [7, 11) is 0. The molecule has 0 aromatic heterocycles. The minimum Gasteiger partial charge on any atom is -0.311 e. The largest absolute Gasteiger partial charge is 0.311 e. The zero-order chi connectivity index (χ0) is 35.1. The molecule has 7 aromatic carbocycles. The van der Waals surface area contributed by atoms with Crippen LogP contribution in [-0.2, 0) is 0 Å². The summed E-state index contributed by atoms with van der Waals surface area (Å²) < 4.78 is 0. The average Bonchev–Trinajstić information content (AvgIpc) is 3.24. The van der Waals surface area contributed by atoms with Gasteiger partial charge in [-0.25, -0.2) is 0 Å². The fraction of sp³-hybridized carbons (Fsp3) is 0.0769. The molecule has 1 unspecified atom stereocenters. The van der Waals surface area contributed by atoms with Crippen molar-refractivity contribution in [3.63, 3.8) is 0 Å². The summed E-state index contributed by atoms with van der Waals surface area (Å²) in [6.07, 6.45) is 18.6. The van der Waals surface area contributed by atoms with Crippen molar-refractivity contribution in [2.24, 2.45) is 5.92 Å². The number of hydrogen-bond acceptors (Lipinski definition) is 1. The number of allylic oxidation sites excluding steroid dienone is 8. The van der Waals surface area contributed by atoms with Crippen molar-refractivity contribution in [2.75, 3.05) is 4.90 Å². The number of rotatable bonds is 6. The van der Waals surface area contributed by atoms with Gasteiger partial charge in [0.05, 0.1) is 0 Å². The van der Waals surface area contributed by atoms with Gasteiger partial charge in [-0.3, -0.25) is 0 Å². The molecule has 1 nitrogen and oxygen atoms in total. The Morgan fingerprint density at radius 3 is 2.00 bits per heavy atom. The van der Waals surface area contributed by atoms with Gasteiger partial charge in [-0.1, -0.05) is 164 Å². The van der Waals surface area contributed by atoms with E-state index in [1.807, 2.05) is 0 Å². The van der Waals surface area contributed by atoms with E-state index in [-0.39, 0.29) is 0 Å². The zero-order valence-electron chi connectivity index (χ0n) is 29.6. The first-order valence-corrected chi connectivity index (χ1v) is 18.8. The zero-order valence-corrected chi connectivity index (χ0v) is 29.6. The van der Waals surface area contributed by atoms with Crippen molar-refractivity contribution in [2.45, 2.75) is 18.8 Å². The van der Waals surface area contributed by atoms with Gasteiger partial charge < -0.3 is 4.90 Å². The molecule has 0 bridgehead atoms. The summed E-state index contributed by atoms with van der Waals surface area (Å²) >= 11 is 0. The lowest BCUT2D eigenvalue weighted by Crippen LogP contribution is -2.22. The van der Waals surface area contributed by atoms with E-state index in [0.717, 1.165) is 24.2 Å². The average molecular weight is 678 g/mol. The summed E-state index contributed by atoms with van der Waals surface area (Å²) in [6.45, 7) is 0. The Hall–Kier alpha value is -6.44. The summed E-state index contributed by atoms with van der Waals surface area (Å²) in [6, 6.07) is 57.8. The minimum absolute atomic E-state index is 0.333. The van der Waals surface area contributed by atoms with E-state index in [0.29, 0.717) is 11.8 Å². The maximum atomic E-state index is 2.48. The third kappa shape index (κ3) is 5.66. The molecule has 10 rings (SSSR count). The van der Waals surface area contributed by atoms with E-state index in [9.17, 15) is 0 Å². The lowest BCUT2D eigenvalue weighted by atomic mass is 9.70. The Balaban J connectivity index is 1.13. The predicted molar refractivity (Wildman–Crippen MR) is 225 cm³/mol. The van der Waals surface area contributed by atoms with Crippen LogP contribution in [0.25, 0.3) is 49.9 Å². The molecule has 1 heteroatoms. The third-order valence-electron chi connectivity index (χ3n) is 11.3. The van der Waals surface area contributed by atoms with Crippen molar-refractivity contribution in [1.82, 2.24) is 0 Å². The number of nitrogens with zero attached hydrogens (tertiary/aromatic N) is 1. The van der Waals surface area contributed by atoms with Gasteiger partial charge in [0.15, 0.2) is 0 Å². The molecule has 7 aromatic rings. The second-order valence-electron chi connectivity index (χ2n) is 14.4. The van der Waals surface area contributed by atoms with Crippen LogP contribution < -0.4 is 4.90 Å². The van der Waals surface area contributed by atoms with Gasteiger partial charge in [-0.15, -0.1) is 0 Å². The molecule has 0 fully saturated rings. The highest BCUT2D eigenvalue weighted by Crippen LogP contribution is 2.47. The van der Waals surface area contributed by atoms with Crippen molar-refractivity contribution >= 4 is 39.0 Å². The highest BCUT2D eigenvalue weighted by atomic mass is 15.1. The number of benzene rings is 7. The van der Waals surface area contributed by atoms with Gasteiger partial charge in [0.1, 0.15) is 0 Å². The second-order valence-corrected chi connectivity index (χ2v) is 14.4. The lowest BCUT2D eigenvalue weighted by Gasteiger charge is -2.35. The van der Waals surface area contributed by atoms with Crippen LogP contribution in [0.15, 0.2) is 211 Å². The fourth-order valence-corrected chi connectivity index (χ4v) is 8.79. The first-order valence-electron chi connectivity index (χ1n) is 18.8. The SMILES string of the molecule is C1=CC2C(C3=CC(N(c4cccc(-c5ccccc5)c4)c4cccc(-c5cc6ccccc6c6ccccc56)c4)=CCC3)=Cc3ccccc3[C@H]2C=C1. The van der Waals surface area contributed by atoms with Gasteiger partial charge in [0, 0.05) is 28.9 Å². The van der Waals surface area contributed by atoms with Crippen LogP contribution in [0.5, 0.6) is 0 Å². The summed E-state index contributed by atoms with van der Waals surface area (Å²) in [5.41, 5.74) is 14.0. The van der Waals surface area contributed by atoms with Gasteiger partial charge in [-0.05, 0) is 115 Å². The molecule has 0 spiro atoms. The maximum Gasteiger partial charge on any atom is 0.0467 e. The molecule has 3 aliphatic rings.